The molecule has 1 aromatic carbocycles. The van der Waals surface area contributed by atoms with E-state index < -0.39 is 17.7 Å². The molecule has 0 heterocycles. The molecule has 1 unspecified atom stereocenters. The molecule has 1 aromatic rings. The number of rotatable bonds is 3. The summed E-state index contributed by atoms with van der Waals surface area (Å²) in [6.45, 7) is 1.61. The van der Waals surface area contributed by atoms with Gasteiger partial charge >= 0.3 is 6.18 Å². The quantitative estimate of drug-likeness (QED) is 0.871. The molecule has 1 rings (SSSR count). The van der Waals surface area contributed by atoms with Crippen molar-refractivity contribution in [3.63, 3.8) is 0 Å². The highest BCUT2D eigenvalue weighted by Crippen LogP contribution is 2.35. The Labute approximate surface area is 97.8 Å². The molecule has 1 N–H and O–H groups in total. The van der Waals surface area contributed by atoms with Crippen molar-refractivity contribution < 1.29 is 18.0 Å². The molecule has 0 fully saturated rings. The lowest BCUT2D eigenvalue weighted by Gasteiger charge is -2.17. The first kappa shape index (κ1) is 13.5. The van der Waals surface area contributed by atoms with Crippen molar-refractivity contribution in [1.82, 2.24) is 5.32 Å². The number of hydrogen-bond donors (Lipinski definition) is 1. The minimum atomic E-state index is -4.38. The van der Waals surface area contributed by atoms with E-state index in [0.29, 0.717) is 0 Å². The van der Waals surface area contributed by atoms with E-state index in [1.807, 2.05) is 0 Å². The summed E-state index contributed by atoms with van der Waals surface area (Å²) in [6, 6.07) is 5.34. The van der Waals surface area contributed by atoms with Gasteiger partial charge in [-0.25, -0.2) is 0 Å². The summed E-state index contributed by atoms with van der Waals surface area (Å²) in [6.07, 6.45) is -4.34. The zero-order valence-electron chi connectivity index (χ0n) is 9.64. The number of benzene rings is 1. The molecule has 0 radical (unpaired) electrons. The Morgan fingerprint density at radius 3 is 2.47 bits per heavy atom. The van der Waals surface area contributed by atoms with Gasteiger partial charge in [0.15, 0.2) is 0 Å². The van der Waals surface area contributed by atoms with E-state index in [4.69, 9.17) is 0 Å². The van der Waals surface area contributed by atoms with Gasteiger partial charge in [0, 0.05) is 13.5 Å². The first-order chi connectivity index (χ1) is 7.86. The highest BCUT2D eigenvalue weighted by atomic mass is 19.4. The first-order valence-corrected chi connectivity index (χ1v) is 5.23. The van der Waals surface area contributed by atoms with Crippen LogP contribution in [0, 0.1) is 0 Å². The molecule has 0 aliphatic carbocycles. The van der Waals surface area contributed by atoms with E-state index >= 15 is 0 Å². The monoisotopic (exact) mass is 245 g/mol. The van der Waals surface area contributed by atoms with E-state index in [2.05, 4.69) is 5.32 Å². The second-order valence-corrected chi connectivity index (χ2v) is 3.86. The summed E-state index contributed by atoms with van der Waals surface area (Å²) in [7, 11) is 1.46. The third kappa shape index (κ3) is 3.47. The molecule has 0 aliphatic heterocycles. The van der Waals surface area contributed by atoms with E-state index in [-0.39, 0.29) is 17.9 Å². The summed E-state index contributed by atoms with van der Waals surface area (Å²) >= 11 is 0. The molecule has 0 aromatic heterocycles. The summed E-state index contributed by atoms with van der Waals surface area (Å²) in [5.74, 6) is -0.734. The Morgan fingerprint density at radius 2 is 1.94 bits per heavy atom. The maximum atomic E-state index is 12.7. The molecule has 0 saturated carbocycles. The molecule has 94 valence electrons. The van der Waals surface area contributed by atoms with E-state index in [1.165, 1.54) is 19.2 Å². The zero-order valence-corrected chi connectivity index (χ0v) is 9.64. The Hall–Kier alpha value is -1.52. The number of alkyl halides is 3. The van der Waals surface area contributed by atoms with Crippen LogP contribution in [0.15, 0.2) is 24.3 Å². The van der Waals surface area contributed by atoms with Crippen LogP contribution in [0.5, 0.6) is 0 Å². The van der Waals surface area contributed by atoms with Gasteiger partial charge in [0.05, 0.1) is 5.56 Å². The van der Waals surface area contributed by atoms with Gasteiger partial charge in [-0.2, -0.15) is 13.2 Å². The lowest BCUT2D eigenvalue weighted by molar-refractivity contribution is -0.138. The Balaban J connectivity index is 3.01. The molecule has 5 heteroatoms. The third-order valence-electron chi connectivity index (χ3n) is 2.57. The van der Waals surface area contributed by atoms with E-state index in [0.717, 1.165) is 6.07 Å². The van der Waals surface area contributed by atoms with Gasteiger partial charge in [-0.3, -0.25) is 4.79 Å². The molecule has 17 heavy (non-hydrogen) atoms. The summed E-state index contributed by atoms with van der Waals surface area (Å²) in [5, 5.41) is 2.40. The SMILES string of the molecule is CNC(=O)CC(C)c1ccccc1C(F)(F)F. The molecule has 2 nitrogen and oxygen atoms in total. The number of nitrogens with one attached hydrogen (secondary N) is 1. The van der Waals surface area contributed by atoms with Crippen LogP contribution in [0.25, 0.3) is 0 Å². The van der Waals surface area contributed by atoms with Crippen LogP contribution in [0.4, 0.5) is 13.2 Å². The van der Waals surface area contributed by atoms with Crippen molar-refractivity contribution in [3.05, 3.63) is 35.4 Å². The lowest BCUT2D eigenvalue weighted by atomic mass is 9.92. The van der Waals surface area contributed by atoms with Gasteiger partial charge in [-0.1, -0.05) is 25.1 Å². The van der Waals surface area contributed by atoms with Crippen molar-refractivity contribution in [3.8, 4) is 0 Å². The largest absolute Gasteiger partial charge is 0.416 e. The Bertz CT molecular complexity index is 401. The summed E-state index contributed by atoms with van der Waals surface area (Å²) < 4.78 is 38.2. The van der Waals surface area contributed by atoms with Crippen LogP contribution in [0.1, 0.15) is 30.4 Å². The normalized spacial score (nSPS) is 13.2. The zero-order chi connectivity index (χ0) is 13.1. The second-order valence-electron chi connectivity index (χ2n) is 3.86. The highest BCUT2D eigenvalue weighted by Gasteiger charge is 2.34. The highest BCUT2D eigenvalue weighted by molar-refractivity contribution is 5.76. The molecular formula is C12H14F3NO. The fourth-order valence-corrected chi connectivity index (χ4v) is 1.67. The molecule has 0 saturated heterocycles. The second kappa shape index (κ2) is 5.21. The van der Waals surface area contributed by atoms with Gasteiger partial charge < -0.3 is 5.32 Å². The number of hydrogen-bond acceptors (Lipinski definition) is 1. The van der Waals surface area contributed by atoms with Crippen LogP contribution in [-0.4, -0.2) is 13.0 Å². The smallest absolute Gasteiger partial charge is 0.359 e. The van der Waals surface area contributed by atoms with Crippen molar-refractivity contribution in [2.24, 2.45) is 0 Å². The number of carbonyl (C=O) groups excluding carboxylic acids is 1. The summed E-state index contributed by atoms with van der Waals surface area (Å²) in [4.78, 5) is 11.2. The standard InChI is InChI=1S/C12H14F3NO/c1-8(7-11(17)16-2)9-5-3-4-6-10(9)12(13,14)15/h3-6,8H,7H2,1-2H3,(H,16,17). The van der Waals surface area contributed by atoms with Crippen LogP contribution < -0.4 is 5.32 Å². The molecule has 0 aliphatic rings. The van der Waals surface area contributed by atoms with Crippen LogP contribution in [0.2, 0.25) is 0 Å². The average Bonchev–Trinajstić information content (AvgIpc) is 2.27. The van der Waals surface area contributed by atoms with Crippen LogP contribution in [0.3, 0.4) is 0 Å². The number of halogens is 3. The molecule has 0 bridgehead atoms. The maximum Gasteiger partial charge on any atom is 0.416 e. The van der Waals surface area contributed by atoms with Crippen molar-refractivity contribution >= 4 is 5.91 Å². The minimum Gasteiger partial charge on any atom is -0.359 e. The predicted octanol–water partition coefficient (Wildman–Crippen LogP) is 2.95. The maximum absolute atomic E-state index is 12.7. The van der Waals surface area contributed by atoms with Crippen molar-refractivity contribution in [2.75, 3.05) is 7.05 Å². The average molecular weight is 245 g/mol. The first-order valence-electron chi connectivity index (χ1n) is 5.23. The van der Waals surface area contributed by atoms with Gasteiger partial charge in [0.2, 0.25) is 5.91 Å². The fourth-order valence-electron chi connectivity index (χ4n) is 1.67. The van der Waals surface area contributed by atoms with Crippen molar-refractivity contribution in [2.45, 2.75) is 25.4 Å². The van der Waals surface area contributed by atoms with E-state index in [9.17, 15) is 18.0 Å². The molecule has 1 amide bonds. The van der Waals surface area contributed by atoms with Crippen molar-refractivity contribution in [1.29, 1.82) is 0 Å². The number of carbonyl (C=O) groups is 1. The predicted molar refractivity (Wildman–Crippen MR) is 58.5 cm³/mol. The van der Waals surface area contributed by atoms with Crippen LogP contribution in [-0.2, 0) is 11.0 Å². The topological polar surface area (TPSA) is 29.1 Å². The van der Waals surface area contributed by atoms with Gasteiger partial charge in [-0.15, -0.1) is 0 Å². The Morgan fingerprint density at radius 1 is 1.35 bits per heavy atom. The molecular weight excluding hydrogens is 231 g/mol. The van der Waals surface area contributed by atoms with Gasteiger partial charge in [-0.05, 0) is 17.5 Å². The van der Waals surface area contributed by atoms with E-state index in [1.54, 1.807) is 13.0 Å². The lowest BCUT2D eigenvalue weighted by Crippen LogP contribution is -2.20. The number of amides is 1. The molecule has 0 spiro atoms. The minimum absolute atomic E-state index is 0.0452. The molecule has 1 atom stereocenters. The third-order valence-corrected chi connectivity index (χ3v) is 2.57. The van der Waals surface area contributed by atoms with Crippen LogP contribution >= 0.6 is 0 Å². The fraction of sp³-hybridized carbons (Fsp3) is 0.417. The summed E-state index contributed by atoms with van der Waals surface area (Å²) in [5.41, 5.74) is -0.514. The Kier molecular flexibility index (Phi) is 4.15. The van der Waals surface area contributed by atoms with Gasteiger partial charge in [0.25, 0.3) is 0 Å². The van der Waals surface area contributed by atoms with Gasteiger partial charge in [0.1, 0.15) is 0 Å².